The zero-order valence-corrected chi connectivity index (χ0v) is 12.1. The van der Waals surface area contributed by atoms with Crippen molar-refractivity contribution in [1.82, 2.24) is 4.98 Å². The van der Waals surface area contributed by atoms with Crippen LogP contribution >= 0.6 is 0 Å². The lowest BCUT2D eigenvalue weighted by atomic mass is 9.95. The van der Waals surface area contributed by atoms with Crippen molar-refractivity contribution in [2.75, 3.05) is 0 Å². The molecule has 0 spiro atoms. The monoisotopic (exact) mass is 275 g/mol. The summed E-state index contributed by atoms with van der Waals surface area (Å²) in [6.07, 6.45) is 7.40. The predicted molar refractivity (Wildman–Crippen MR) is 85.2 cm³/mol. The maximum Gasteiger partial charge on any atom is 0.226 e. The number of nitrogens with zero attached hydrogens (tertiary/aromatic N) is 1. The van der Waals surface area contributed by atoms with E-state index < -0.39 is 0 Å². The Kier molecular flexibility index (Phi) is 2.88. The number of furan rings is 1. The molecule has 0 unspecified atom stereocenters. The number of rotatable bonds is 1. The fourth-order valence-electron chi connectivity index (χ4n) is 3.05. The van der Waals surface area contributed by atoms with Crippen LogP contribution in [0.25, 0.3) is 16.7 Å². The molecule has 4 rings (SSSR count). The van der Waals surface area contributed by atoms with Gasteiger partial charge in [0.15, 0.2) is 0 Å². The number of pyridine rings is 1. The Labute approximate surface area is 124 Å². The molecule has 0 radical (unpaired) electrons. The highest BCUT2D eigenvalue weighted by Gasteiger charge is 2.17. The molecule has 3 aromatic rings. The fourth-order valence-corrected chi connectivity index (χ4v) is 3.05. The first-order valence-electron chi connectivity index (χ1n) is 7.46. The lowest BCUT2D eigenvalue weighted by molar-refractivity contribution is 0.598. The minimum absolute atomic E-state index is 0.764. The Morgan fingerprint density at radius 1 is 1.14 bits per heavy atom. The van der Waals surface area contributed by atoms with Crippen LogP contribution in [0.2, 0.25) is 0 Å². The Bertz CT molecular complexity index is 827. The number of hydrogen-bond donors (Lipinski definition) is 0. The average Bonchev–Trinajstić information content (AvgIpc) is 2.76. The largest absolute Gasteiger partial charge is 0.446 e. The molecule has 0 fully saturated rings. The van der Waals surface area contributed by atoms with Crippen molar-refractivity contribution in [1.29, 1.82) is 0 Å². The van der Waals surface area contributed by atoms with Gasteiger partial charge in [-0.15, -0.1) is 0 Å². The Balaban J connectivity index is 1.97. The molecule has 2 heterocycles. The molecule has 21 heavy (non-hydrogen) atoms. The first-order chi connectivity index (χ1) is 10.3. The van der Waals surface area contributed by atoms with E-state index in [0.717, 1.165) is 41.6 Å². The summed E-state index contributed by atoms with van der Waals surface area (Å²) in [5.74, 6) is 0. The zero-order valence-electron chi connectivity index (χ0n) is 12.1. The number of aromatic nitrogens is 1. The smallest absolute Gasteiger partial charge is 0.226 e. The van der Waals surface area contributed by atoms with E-state index >= 15 is 0 Å². The highest BCUT2D eigenvalue weighted by atomic mass is 16.3. The van der Waals surface area contributed by atoms with Crippen molar-refractivity contribution >= 4 is 16.7 Å². The molecule has 1 aliphatic rings. The zero-order chi connectivity index (χ0) is 14.2. The first kappa shape index (κ1) is 12.4. The Morgan fingerprint density at radius 3 is 2.86 bits per heavy atom. The molecule has 2 aromatic heterocycles. The van der Waals surface area contributed by atoms with Gasteiger partial charge in [0.25, 0.3) is 0 Å². The molecule has 2 heteroatoms. The Hall–Kier alpha value is -2.35. The number of fused-ring (bicyclic) bond motifs is 2. The van der Waals surface area contributed by atoms with Gasteiger partial charge < -0.3 is 4.42 Å². The van der Waals surface area contributed by atoms with Crippen LogP contribution in [0.4, 0.5) is 0 Å². The van der Waals surface area contributed by atoms with Crippen LogP contribution in [0.3, 0.4) is 0 Å². The lowest BCUT2D eigenvalue weighted by Gasteiger charge is -2.11. The molecule has 0 aliphatic heterocycles. The van der Waals surface area contributed by atoms with Gasteiger partial charge in [0.1, 0.15) is 0 Å². The molecular formula is C19H17NO. The van der Waals surface area contributed by atoms with Crippen molar-refractivity contribution in [2.45, 2.75) is 26.2 Å². The van der Waals surface area contributed by atoms with E-state index in [1.807, 2.05) is 0 Å². The van der Waals surface area contributed by atoms with E-state index in [0.29, 0.717) is 0 Å². The minimum Gasteiger partial charge on any atom is -0.446 e. The summed E-state index contributed by atoms with van der Waals surface area (Å²) >= 11 is 0. The van der Waals surface area contributed by atoms with Gasteiger partial charge in [-0.1, -0.05) is 36.4 Å². The summed E-state index contributed by atoms with van der Waals surface area (Å²) in [7, 11) is 0. The van der Waals surface area contributed by atoms with Crippen LogP contribution < -0.4 is 0 Å². The summed E-state index contributed by atoms with van der Waals surface area (Å²) < 4.78 is 5.57. The summed E-state index contributed by atoms with van der Waals surface area (Å²) in [4.78, 5) is 4.76. The van der Waals surface area contributed by atoms with E-state index in [1.54, 1.807) is 6.26 Å². The minimum atomic E-state index is 0.764. The standard InChI is InChI=1S/C19H17NO/c1-13-12-21-19-16(13)11-17-15(14-7-3-2-4-8-14)9-5-6-10-18(17)20-19/h2-4,7-9,11-12H,5-6,10H2,1H3. The second kappa shape index (κ2) is 4.88. The third-order valence-electron chi connectivity index (χ3n) is 4.18. The second-order valence-electron chi connectivity index (χ2n) is 5.63. The van der Waals surface area contributed by atoms with Gasteiger partial charge in [-0.3, -0.25) is 0 Å². The van der Waals surface area contributed by atoms with Gasteiger partial charge in [0.2, 0.25) is 5.71 Å². The van der Waals surface area contributed by atoms with Crippen molar-refractivity contribution in [3.8, 4) is 0 Å². The quantitative estimate of drug-likeness (QED) is 0.631. The van der Waals surface area contributed by atoms with E-state index in [4.69, 9.17) is 9.40 Å². The third-order valence-corrected chi connectivity index (χ3v) is 4.18. The van der Waals surface area contributed by atoms with Gasteiger partial charge in [-0.2, -0.15) is 0 Å². The molecule has 104 valence electrons. The van der Waals surface area contributed by atoms with Crippen molar-refractivity contribution < 1.29 is 4.42 Å². The number of hydrogen-bond acceptors (Lipinski definition) is 2. The molecule has 0 atom stereocenters. The normalized spacial score (nSPS) is 14.6. The number of aryl methyl sites for hydroxylation is 2. The summed E-state index contributed by atoms with van der Waals surface area (Å²) in [5, 5.41) is 1.12. The van der Waals surface area contributed by atoms with Gasteiger partial charge in [-0.25, -0.2) is 4.98 Å². The predicted octanol–water partition coefficient (Wildman–Crippen LogP) is 4.90. The average molecular weight is 275 g/mol. The number of allylic oxidation sites excluding steroid dienone is 1. The SMILES string of the molecule is Cc1coc2nc3c(cc12)C(c1ccccc1)=CCCC3. The van der Waals surface area contributed by atoms with Crippen LogP contribution in [-0.2, 0) is 6.42 Å². The summed E-state index contributed by atoms with van der Waals surface area (Å²) in [6.45, 7) is 2.07. The van der Waals surface area contributed by atoms with Gasteiger partial charge in [0.05, 0.1) is 12.0 Å². The highest BCUT2D eigenvalue weighted by molar-refractivity contribution is 5.88. The second-order valence-corrected chi connectivity index (χ2v) is 5.63. The molecule has 0 saturated heterocycles. The molecular weight excluding hydrogens is 258 g/mol. The van der Waals surface area contributed by atoms with Gasteiger partial charge in [0, 0.05) is 10.9 Å². The topological polar surface area (TPSA) is 26.0 Å². The maximum absolute atomic E-state index is 5.57. The third kappa shape index (κ3) is 2.07. The highest BCUT2D eigenvalue weighted by Crippen LogP contribution is 2.33. The molecule has 2 nitrogen and oxygen atoms in total. The van der Waals surface area contributed by atoms with E-state index in [-0.39, 0.29) is 0 Å². The van der Waals surface area contributed by atoms with Crippen LogP contribution in [0.5, 0.6) is 0 Å². The van der Waals surface area contributed by atoms with Gasteiger partial charge >= 0.3 is 0 Å². The van der Waals surface area contributed by atoms with Crippen LogP contribution in [0.1, 0.15) is 35.2 Å². The summed E-state index contributed by atoms with van der Waals surface area (Å²) in [5.41, 5.74) is 6.90. The maximum atomic E-state index is 5.57. The molecule has 0 amide bonds. The molecule has 0 bridgehead atoms. The molecule has 1 aliphatic carbocycles. The van der Waals surface area contributed by atoms with E-state index in [9.17, 15) is 0 Å². The first-order valence-corrected chi connectivity index (χ1v) is 7.46. The van der Waals surface area contributed by atoms with Crippen LogP contribution in [-0.4, -0.2) is 4.98 Å². The fraction of sp³-hybridized carbons (Fsp3) is 0.211. The molecule has 1 aromatic carbocycles. The van der Waals surface area contributed by atoms with Crippen molar-refractivity contribution in [3.05, 3.63) is 71.1 Å². The van der Waals surface area contributed by atoms with Crippen molar-refractivity contribution in [3.63, 3.8) is 0 Å². The van der Waals surface area contributed by atoms with Gasteiger partial charge in [-0.05, 0) is 49.0 Å². The van der Waals surface area contributed by atoms with E-state index in [1.165, 1.54) is 16.7 Å². The van der Waals surface area contributed by atoms with Crippen molar-refractivity contribution in [2.24, 2.45) is 0 Å². The number of benzene rings is 1. The Morgan fingerprint density at radius 2 is 2.00 bits per heavy atom. The summed E-state index contributed by atoms with van der Waals surface area (Å²) in [6, 6.07) is 12.8. The van der Waals surface area contributed by atoms with Crippen LogP contribution in [0, 0.1) is 6.92 Å². The molecule has 0 saturated carbocycles. The van der Waals surface area contributed by atoms with Crippen LogP contribution in [0.15, 0.2) is 53.2 Å². The lowest BCUT2D eigenvalue weighted by Crippen LogP contribution is -1.97. The molecule has 0 N–H and O–H groups in total. The van der Waals surface area contributed by atoms with E-state index in [2.05, 4.69) is 49.4 Å².